The Bertz CT molecular complexity index is 594. The number of rotatable bonds is 6. The predicted octanol–water partition coefficient (Wildman–Crippen LogP) is 2.50. The first-order valence-electron chi connectivity index (χ1n) is 6.90. The molecule has 1 aromatic carbocycles. The summed E-state index contributed by atoms with van der Waals surface area (Å²) in [5, 5.41) is 14.0. The molecule has 6 nitrogen and oxygen atoms in total. The van der Waals surface area contributed by atoms with Crippen LogP contribution in [0.15, 0.2) is 24.5 Å². The first-order valence-corrected chi connectivity index (χ1v) is 6.90. The summed E-state index contributed by atoms with van der Waals surface area (Å²) in [6.07, 6.45) is 0.897. The van der Waals surface area contributed by atoms with E-state index < -0.39 is 6.10 Å². The van der Waals surface area contributed by atoms with Gasteiger partial charge in [-0.1, -0.05) is 0 Å². The second kappa shape index (κ2) is 6.58. The van der Waals surface area contributed by atoms with Crippen LogP contribution in [0.3, 0.4) is 0 Å². The molecule has 0 aliphatic heterocycles. The monoisotopic (exact) mass is 291 g/mol. The standard InChI is InChI=1S/C15H21N3O3/c1-10(2)18-15(16-9-17-18)8-21-14-7-12(20-4)5-6-13(14)11(3)19/h5-7,9-11,19H,8H2,1-4H3/t11-/m0/s1. The Balaban J connectivity index is 2.20. The van der Waals surface area contributed by atoms with Crippen LogP contribution in [0.4, 0.5) is 0 Å². The number of aliphatic hydroxyl groups is 1. The number of nitrogens with zero attached hydrogens (tertiary/aromatic N) is 3. The van der Waals surface area contributed by atoms with Gasteiger partial charge in [0.15, 0.2) is 5.82 Å². The van der Waals surface area contributed by atoms with Crippen molar-refractivity contribution in [1.82, 2.24) is 14.8 Å². The maximum Gasteiger partial charge on any atom is 0.165 e. The molecule has 0 radical (unpaired) electrons. The van der Waals surface area contributed by atoms with Crippen molar-refractivity contribution in [3.05, 3.63) is 35.9 Å². The molecule has 1 N–H and O–H groups in total. The molecule has 2 rings (SSSR count). The molecule has 0 fully saturated rings. The minimum atomic E-state index is -0.617. The average Bonchev–Trinajstić information content (AvgIpc) is 2.93. The average molecular weight is 291 g/mol. The van der Waals surface area contributed by atoms with Crippen molar-refractivity contribution in [1.29, 1.82) is 0 Å². The van der Waals surface area contributed by atoms with E-state index in [0.29, 0.717) is 17.1 Å². The molecule has 2 aromatic rings. The number of methoxy groups -OCH3 is 1. The van der Waals surface area contributed by atoms with Crippen LogP contribution in [0.2, 0.25) is 0 Å². The molecule has 1 heterocycles. The zero-order valence-electron chi connectivity index (χ0n) is 12.8. The number of hydrogen-bond donors (Lipinski definition) is 1. The molecule has 0 amide bonds. The van der Waals surface area contributed by atoms with Gasteiger partial charge >= 0.3 is 0 Å². The van der Waals surface area contributed by atoms with Gasteiger partial charge in [-0.2, -0.15) is 5.10 Å². The smallest absolute Gasteiger partial charge is 0.165 e. The van der Waals surface area contributed by atoms with E-state index in [1.807, 2.05) is 18.5 Å². The molecular formula is C15H21N3O3. The molecular weight excluding hydrogens is 270 g/mol. The fourth-order valence-corrected chi connectivity index (χ4v) is 2.06. The first-order chi connectivity index (χ1) is 10.0. The zero-order chi connectivity index (χ0) is 15.4. The van der Waals surface area contributed by atoms with Crippen molar-refractivity contribution < 1.29 is 14.6 Å². The van der Waals surface area contributed by atoms with Crippen LogP contribution in [0.25, 0.3) is 0 Å². The van der Waals surface area contributed by atoms with E-state index >= 15 is 0 Å². The van der Waals surface area contributed by atoms with E-state index in [0.717, 1.165) is 5.82 Å². The summed E-state index contributed by atoms with van der Waals surface area (Å²) in [6, 6.07) is 5.57. The summed E-state index contributed by atoms with van der Waals surface area (Å²) in [5.41, 5.74) is 0.714. The van der Waals surface area contributed by atoms with Crippen LogP contribution in [-0.2, 0) is 6.61 Å². The Morgan fingerprint density at radius 3 is 2.67 bits per heavy atom. The largest absolute Gasteiger partial charge is 0.497 e. The Kier molecular flexibility index (Phi) is 4.80. The maximum absolute atomic E-state index is 9.81. The van der Waals surface area contributed by atoms with Gasteiger partial charge in [-0.3, -0.25) is 0 Å². The SMILES string of the molecule is COc1ccc([C@H](C)O)c(OCc2ncnn2C(C)C)c1. The fraction of sp³-hybridized carbons (Fsp3) is 0.467. The normalized spacial score (nSPS) is 12.5. The Morgan fingerprint density at radius 1 is 1.29 bits per heavy atom. The lowest BCUT2D eigenvalue weighted by Gasteiger charge is -2.15. The number of ether oxygens (including phenoxy) is 2. The molecule has 0 aliphatic rings. The highest BCUT2D eigenvalue weighted by Gasteiger charge is 2.13. The minimum Gasteiger partial charge on any atom is -0.497 e. The summed E-state index contributed by atoms with van der Waals surface area (Å²) in [7, 11) is 1.59. The second-order valence-corrected chi connectivity index (χ2v) is 5.08. The molecule has 114 valence electrons. The third-order valence-corrected chi connectivity index (χ3v) is 3.16. The fourth-order valence-electron chi connectivity index (χ4n) is 2.06. The van der Waals surface area contributed by atoms with Gasteiger partial charge < -0.3 is 14.6 Å². The van der Waals surface area contributed by atoms with E-state index in [9.17, 15) is 5.11 Å². The van der Waals surface area contributed by atoms with Crippen molar-refractivity contribution in [3.8, 4) is 11.5 Å². The molecule has 0 unspecified atom stereocenters. The molecule has 0 saturated carbocycles. The molecule has 21 heavy (non-hydrogen) atoms. The van der Waals surface area contributed by atoms with E-state index in [2.05, 4.69) is 10.1 Å². The number of hydrogen-bond acceptors (Lipinski definition) is 5. The Labute approximate surface area is 124 Å². The van der Waals surface area contributed by atoms with Crippen molar-refractivity contribution in [2.45, 2.75) is 39.5 Å². The van der Waals surface area contributed by atoms with Gasteiger partial charge in [0.05, 0.1) is 13.2 Å². The number of aromatic nitrogens is 3. The summed E-state index contributed by atoms with van der Waals surface area (Å²) in [6.45, 7) is 6.05. The first kappa shape index (κ1) is 15.3. The maximum atomic E-state index is 9.81. The minimum absolute atomic E-state index is 0.215. The Morgan fingerprint density at radius 2 is 2.05 bits per heavy atom. The van der Waals surface area contributed by atoms with Crippen LogP contribution >= 0.6 is 0 Å². The highest BCUT2D eigenvalue weighted by atomic mass is 16.5. The van der Waals surface area contributed by atoms with Gasteiger partial charge in [-0.25, -0.2) is 9.67 Å². The lowest BCUT2D eigenvalue weighted by molar-refractivity contribution is 0.188. The van der Waals surface area contributed by atoms with Crippen molar-refractivity contribution in [3.63, 3.8) is 0 Å². The van der Waals surface area contributed by atoms with Gasteiger partial charge in [0.2, 0.25) is 0 Å². The highest BCUT2D eigenvalue weighted by molar-refractivity contribution is 5.41. The van der Waals surface area contributed by atoms with Crippen LogP contribution in [0, 0.1) is 0 Å². The highest BCUT2D eigenvalue weighted by Crippen LogP contribution is 2.30. The summed E-state index contributed by atoms with van der Waals surface area (Å²) < 4.78 is 12.8. The second-order valence-electron chi connectivity index (χ2n) is 5.08. The third-order valence-electron chi connectivity index (χ3n) is 3.16. The lowest BCUT2D eigenvalue weighted by Crippen LogP contribution is -2.11. The molecule has 6 heteroatoms. The molecule has 0 bridgehead atoms. The summed E-state index contributed by atoms with van der Waals surface area (Å²) in [4.78, 5) is 4.20. The van der Waals surface area contributed by atoms with Crippen molar-refractivity contribution in [2.24, 2.45) is 0 Å². The molecule has 0 spiro atoms. The summed E-state index contributed by atoms with van der Waals surface area (Å²) in [5.74, 6) is 2.01. The molecule has 1 atom stereocenters. The van der Waals surface area contributed by atoms with Crippen LogP contribution in [0.1, 0.15) is 44.3 Å². The van der Waals surface area contributed by atoms with E-state index in [4.69, 9.17) is 9.47 Å². The van der Waals surface area contributed by atoms with Gasteiger partial charge in [-0.15, -0.1) is 0 Å². The zero-order valence-corrected chi connectivity index (χ0v) is 12.8. The van der Waals surface area contributed by atoms with Crippen LogP contribution < -0.4 is 9.47 Å². The topological polar surface area (TPSA) is 69.4 Å². The van der Waals surface area contributed by atoms with Gasteiger partial charge in [0.1, 0.15) is 24.4 Å². The molecule has 1 aromatic heterocycles. The van der Waals surface area contributed by atoms with Gasteiger partial charge in [0, 0.05) is 17.7 Å². The van der Waals surface area contributed by atoms with Gasteiger partial charge in [-0.05, 0) is 32.9 Å². The van der Waals surface area contributed by atoms with E-state index in [1.54, 1.807) is 32.2 Å². The summed E-state index contributed by atoms with van der Waals surface area (Å²) >= 11 is 0. The van der Waals surface area contributed by atoms with Crippen LogP contribution in [0.5, 0.6) is 11.5 Å². The predicted molar refractivity (Wildman–Crippen MR) is 78.4 cm³/mol. The molecule has 0 aliphatic carbocycles. The van der Waals surface area contributed by atoms with Crippen molar-refractivity contribution in [2.75, 3.05) is 7.11 Å². The lowest BCUT2D eigenvalue weighted by atomic mass is 10.1. The number of benzene rings is 1. The quantitative estimate of drug-likeness (QED) is 0.885. The third kappa shape index (κ3) is 3.52. The number of aliphatic hydroxyl groups excluding tert-OH is 1. The van der Waals surface area contributed by atoms with Gasteiger partial charge in [0.25, 0.3) is 0 Å². The van der Waals surface area contributed by atoms with E-state index in [1.165, 1.54) is 6.33 Å². The van der Waals surface area contributed by atoms with Crippen molar-refractivity contribution >= 4 is 0 Å². The van der Waals surface area contributed by atoms with E-state index in [-0.39, 0.29) is 12.6 Å². The molecule has 0 saturated heterocycles. The Hall–Kier alpha value is -2.08. The van der Waals surface area contributed by atoms with Crippen LogP contribution in [-0.4, -0.2) is 27.0 Å².